The van der Waals surface area contributed by atoms with E-state index >= 15 is 0 Å². The average Bonchev–Trinajstić information content (AvgIpc) is 3.30. The van der Waals surface area contributed by atoms with Gasteiger partial charge in [-0.05, 0) is 68.3 Å². The molecular weight excluding hydrogens is 499 g/mol. The van der Waals surface area contributed by atoms with Crippen LogP contribution in [0.4, 0.5) is 5.69 Å². The van der Waals surface area contributed by atoms with E-state index in [0.29, 0.717) is 16.3 Å². The van der Waals surface area contributed by atoms with E-state index in [1.165, 1.54) is 0 Å². The monoisotopic (exact) mass is 524 g/mol. The molecule has 0 saturated carbocycles. The molecule has 4 rings (SSSR count). The van der Waals surface area contributed by atoms with Gasteiger partial charge in [-0.2, -0.15) is 5.10 Å². The van der Waals surface area contributed by atoms with E-state index in [1.807, 2.05) is 37.3 Å². The van der Waals surface area contributed by atoms with Crippen LogP contribution < -0.4 is 10.6 Å². The number of aliphatic hydroxyl groups excluding tert-OH is 1. The number of carbonyl (C=O) groups is 2. The van der Waals surface area contributed by atoms with Gasteiger partial charge in [-0.15, -0.1) is 0 Å². The Bertz CT molecular complexity index is 1460. The molecule has 0 aliphatic heterocycles. The van der Waals surface area contributed by atoms with Crippen LogP contribution in [0.25, 0.3) is 16.6 Å². The maximum absolute atomic E-state index is 13.2. The summed E-state index contributed by atoms with van der Waals surface area (Å²) in [5.41, 5.74) is 3.25. The topological polar surface area (TPSA) is 96.3 Å². The summed E-state index contributed by atoms with van der Waals surface area (Å²) in [7, 11) is 0. The zero-order chi connectivity index (χ0) is 26.0. The smallest absolute Gasteiger partial charge is 0.257 e. The average molecular weight is 525 g/mol. The van der Waals surface area contributed by atoms with Crippen LogP contribution in [0, 0.1) is 12.3 Å². The standard InChI is InChI=1S/C27H26Cl2N4O3/c1-16-7-9-18(12-22(16)29)33-24-6-4-5-23(20(24)14-31-33)32-25(35)19-11-17(8-10-21(19)28)13-30-26(36)27(2,3)15-34/h4-12,14,34H,13,15H2,1-3H3,(H,30,36)(H,32,35). The Labute approximate surface area is 219 Å². The number of halogens is 2. The van der Waals surface area contributed by atoms with Crippen molar-refractivity contribution in [3.05, 3.63) is 87.5 Å². The molecule has 3 N–H and O–H groups in total. The third kappa shape index (κ3) is 5.23. The molecule has 0 spiro atoms. The predicted molar refractivity (Wildman–Crippen MR) is 143 cm³/mol. The van der Waals surface area contributed by atoms with Crippen LogP contribution in [-0.2, 0) is 11.3 Å². The number of aryl methyl sites for hydroxylation is 1. The van der Waals surface area contributed by atoms with Gasteiger partial charge in [-0.3, -0.25) is 9.59 Å². The highest BCUT2D eigenvalue weighted by molar-refractivity contribution is 6.34. The first kappa shape index (κ1) is 25.7. The third-order valence-electron chi connectivity index (χ3n) is 6.00. The molecule has 0 saturated heterocycles. The predicted octanol–water partition coefficient (Wildman–Crippen LogP) is 5.53. The lowest BCUT2D eigenvalue weighted by Gasteiger charge is -2.20. The second-order valence-electron chi connectivity index (χ2n) is 9.22. The first-order chi connectivity index (χ1) is 17.1. The fourth-order valence-electron chi connectivity index (χ4n) is 3.62. The molecule has 3 aromatic carbocycles. The van der Waals surface area contributed by atoms with Crippen molar-refractivity contribution in [2.75, 3.05) is 11.9 Å². The number of nitrogens with zero attached hydrogens (tertiary/aromatic N) is 2. The molecule has 36 heavy (non-hydrogen) atoms. The van der Waals surface area contributed by atoms with Crippen LogP contribution in [0.3, 0.4) is 0 Å². The minimum Gasteiger partial charge on any atom is -0.395 e. The Hall–Kier alpha value is -3.39. The van der Waals surface area contributed by atoms with Crippen molar-refractivity contribution < 1.29 is 14.7 Å². The van der Waals surface area contributed by atoms with Crippen LogP contribution in [0.5, 0.6) is 0 Å². The van der Waals surface area contributed by atoms with Crippen LogP contribution in [0.2, 0.25) is 10.0 Å². The molecule has 0 radical (unpaired) electrons. The number of carbonyl (C=O) groups excluding carboxylic acids is 2. The zero-order valence-corrected chi connectivity index (χ0v) is 21.6. The number of hydrogen-bond acceptors (Lipinski definition) is 4. The molecule has 7 nitrogen and oxygen atoms in total. The van der Waals surface area contributed by atoms with Gasteiger partial charge in [0.2, 0.25) is 5.91 Å². The van der Waals surface area contributed by atoms with Gasteiger partial charge in [0.25, 0.3) is 5.91 Å². The second kappa shape index (κ2) is 10.3. The highest BCUT2D eigenvalue weighted by Crippen LogP contribution is 2.28. The highest BCUT2D eigenvalue weighted by Gasteiger charge is 2.26. The van der Waals surface area contributed by atoms with Crippen molar-refractivity contribution in [1.29, 1.82) is 0 Å². The maximum atomic E-state index is 13.2. The van der Waals surface area contributed by atoms with Gasteiger partial charge in [-0.25, -0.2) is 4.68 Å². The van der Waals surface area contributed by atoms with Crippen molar-refractivity contribution in [2.45, 2.75) is 27.3 Å². The number of benzene rings is 3. The van der Waals surface area contributed by atoms with Crippen molar-refractivity contribution in [2.24, 2.45) is 5.41 Å². The zero-order valence-electron chi connectivity index (χ0n) is 20.1. The molecule has 4 aromatic rings. The third-order valence-corrected chi connectivity index (χ3v) is 6.74. The largest absolute Gasteiger partial charge is 0.395 e. The quantitative estimate of drug-likeness (QED) is 0.296. The van der Waals surface area contributed by atoms with Gasteiger partial charge < -0.3 is 15.7 Å². The number of hydrogen-bond donors (Lipinski definition) is 3. The molecule has 1 aromatic heterocycles. The molecule has 0 aliphatic carbocycles. The molecule has 0 atom stereocenters. The van der Waals surface area contributed by atoms with Gasteiger partial charge in [-0.1, -0.05) is 41.4 Å². The van der Waals surface area contributed by atoms with Crippen molar-refractivity contribution in [1.82, 2.24) is 15.1 Å². The van der Waals surface area contributed by atoms with E-state index in [9.17, 15) is 14.7 Å². The Morgan fingerprint density at radius 3 is 2.56 bits per heavy atom. The highest BCUT2D eigenvalue weighted by atomic mass is 35.5. The summed E-state index contributed by atoms with van der Waals surface area (Å²) in [5.74, 6) is -0.674. The van der Waals surface area contributed by atoms with E-state index in [0.717, 1.165) is 22.2 Å². The minimum atomic E-state index is -0.903. The normalized spacial score (nSPS) is 11.5. The molecule has 1 heterocycles. The molecule has 186 valence electrons. The van der Waals surface area contributed by atoms with Gasteiger partial charge in [0, 0.05) is 17.0 Å². The van der Waals surface area contributed by atoms with Crippen LogP contribution in [0.1, 0.15) is 35.3 Å². The number of amides is 2. The fourth-order valence-corrected chi connectivity index (χ4v) is 4.00. The number of aliphatic hydroxyl groups is 1. The summed E-state index contributed by atoms with van der Waals surface area (Å²) in [6, 6.07) is 16.3. The SMILES string of the molecule is Cc1ccc(-n2ncc3c(NC(=O)c4cc(CNC(=O)C(C)(C)CO)ccc4Cl)cccc32)cc1Cl. The number of anilines is 1. The summed E-state index contributed by atoms with van der Waals surface area (Å²) in [6.07, 6.45) is 1.69. The summed E-state index contributed by atoms with van der Waals surface area (Å²) in [4.78, 5) is 25.4. The summed E-state index contributed by atoms with van der Waals surface area (Å²) < 4.78 is 1.76. The number of aromatic nitrogens is 2. The van der Waals surface area contributed by atoms with Crippen LogP contribution in [-0.4, -0.2) is 33.3 Å². The lowest BCUT2D eigenvalue weighted by Crippen LogP contribution is -2.38. The number of fused-ring (bicyclic) bond motifs is 1. The number of nitrogens with one attached hydrogen (secondary N) is 2. The van der Waals surface area contributed by atoms with Gasteiger partial charge in [0.05, 0.1) is 45.7 Å². The minimum absolute atomic E-state index is 0.196. The Balaban J connectivity index is 1.57. The Morgan fingerprint density at radius 1 is 1.06 bits per heavy atom. The first-order valence-corrected chi connectivity index (χ1v) is 12.1. The van der Waals surface area contributed by atoms with Crippen molar-refractivity contribution in [3.8, 4) is 5.69 Å². The van der Waals surface area contributed by atoms with Crippen LogP contribution in [0.15, 0.2) is 60.8 Å². The van der Waals surface area contributed by atoms with E-state index in [2.05, 4.69) is 15.7 Å². The molecule has 0 aliphatic rings. The Kier molecular flexibility index (Phi) is 7.36. The van der Waals surface area contributed by atoms with Gasteiger partial charge in [0.1, 0.15) is 0 Å². The summed E-state index contributed by atoms with van der Waals surface area (Å²) in [6.45, 7) is 5.16. The molecular formula is C27H26Cl2N4O3. The first-order valence-electron chi connectivity index (χ1n) is 11.3. The second-order valence-corrected chi connectivity index (χ2v) is 10.0. The maximum Gasteiger partial charge on any atom is 0.257 e. The molecule has 9 heteroatoms. The van der Waals surface area contributed by atoms with Crippen LogP contribution >= 0.6 is 23.2 Å². The Morgan fingerprint density at radius 2 is 1.83 bits per heavy atom. The van der Waals surface area contributed by atoms with E-state index in [1.54, 1.807) is 49.0 Å². The molecule has 0 unspecified atom stereocenters. The van der Waals surface area contributed by atoms with E-state index < -0.39 is 5.41 Å². The lowest BCUT2D eigenvalue weighted by atomic mass is 9.93. The van der Waals surface area contributed by atoms with E-state index in [4.69, 9.17) is 23.2 Å². The van der Waals surface area contributed by atoms with Gasteiger partial charge in [0.15, 0.2) is 0 Å². The van der Waals surface area contributed by atoms with E-state index in [-0.39, 0.29) is 35.6 Å². The molecule has 2 amide bonds. The van der Waals surface area contributed by atoms with Crippen molar-refractivity contribution >= 4 is 51.6 Å². The molecule has 0 bridgehead atoms. The summed E-state index contributed by atoms with van der Waals surface area (Å²) >= 11 is 12.6. The molecule has 0 fully saturated rings. The number of rotatable bonds is 7. The van der Waals surface area contributed by atoms with Gasteiger partial charge >= 0.3 is 0 Å². The lowest BCUT2D eigenvalue weighted by molar-refractivity contribution is -0.131. The fraction of sp³-hybridized carbons (Fsp3) is 0.222. The van der Waals surface area contributed by atoms with Crippen molar-refractivity contribution in [3.63, 3.8) is 0 Å². The summed E-state index contributed by atoms with van der Waals surface area (Å²) in [5, 5.41) is 21.3.